The quantitative estimate of drug-likeness (QED) is 0.0321. The molecule has 0 aromatic carbocycles. The summed E-state index contributed by atoms with van der Waals surface area (Å²) in [5.74, 6) is -0.0429. The molecule has 0 saturated carbocycles. The molecule has 0 heterocycles. The Balaban J connectivity index is 3.31. The van der Waals surface area contributed by atoms with E-state index in [4.69, 9.17) is 4.74 Å². The first kappa shape index (κ1) is 68.6. The molecular formula is C64H125NO5. The predicted octanol–water partition coefficient (Wildman–Crippen LogP) is 20.0. The topological polar surface area (TPSA) is 95.9 Å². The third kappa shape index (κ3) is 55.9. The highest BCUT2D eigenvalue weighted by Crippen LogP contribution is 2.18. The second-order valence-corrected chi connectivity index (χ2v) is 22.1. The van der Waals surface area contributed by atoms with Crippen LogP contribution in [0.25, 0.3) is 0 Å². The third-order valence-electron chi connectivity index (χ3n) is 15.1. The van der Waals surface area contributed by atoms with Crippen LogP contribution >= 0.6 is 0 Å². The minimum absolute atomic E-state index is 0.0219. The molecule has 6 heteroatoms. The predicted molar refractivity (Wildman–Crippen MR) is 306 cm³/mol. The van der Waals surface area contributed by atoms with Crippen LogP contribution < -0.4 is 5.32 Å². The molecule has 0 spiro atoms. The van der Waals surface area contributed by atoms with Gasteiger partial charge in [-0.15, -0.1) is 0 Å². The number of hydrogen-bond donors (Lipinski definition) is 3. The van der Waals surface area contributed by atoms with E-state index >= 15 is 0 Å². The monoisotopic (exact) mass is 988 g/mol. The van der Waals surface area contributed by atoms with E-state index in [1.807, 2.05) is 6.08 Å². The van der Waals surface area contributed by atoms with Crippen LogP contribution in [0, 0.1) is 0 Å². The zero-order valence-corrected chi connectivity index (χ0v) is 47.5. The van der Waals surface area contributed by atoms with Crippen molar-refractivity contribution in [1.82, 2.24) is 5.32 Å². The lowest BCUT2D eigenvalue weighted by Gasteiger charge is -2.20. The van der Waals surface area contributed by atoms with Gasteiger partial charge >= 0.3 is 5.97 Å². The van der Waals surface area contributed by atoms with Gasteiger partial charge in [0.15, 0.2) is 0 Å². The van der Waals surface area contributed by atoms with Gasteiger partial charge in [0.05, 0.1) is 25.4 Å². The van der Waals surface area contributed by atoms with Crippen molar-refractivity contribution in [3.05, 3.63) is 12.2 Å². The minimum atomic E-state index is -0.839. The molecule has 2 unspecified atom stereocenters. The first-order valence-electron chi connectivity index (χ1n) is 32.0. The molecule has 3 N–H and O–H groups in total. The van der Waals surface area contributed by atoms with Crippen LogP contribution in [-0.2, 0) is 14.3 Å². The summed E-state index contributed by atoms with van der Waals surface area (Å²) in [6.07, 6.45) is 72.8. The second kappa shape index (κ2) is 60.2. The summed E-state index contributed by atoms with van der Waals surface area (Å²) in [4.78, 5) is 24.5. The van der Waals surface area contributed by atoms with Crippen LogP contribution in [0.15, 0.2) is 12.2 Å². The van der Waals surface area contributed by atoms with Gasteiger partial charge in [0.25, 0.3) is 0 Å². The van der Waals surface area contributed by atoms with Crippen LogP contribution in [0.3, 0.4) is 0 Å². The molecule has 1 amide bonds. The van der Waals surface area contributed by atoms with Gasteiger partial charge in [0.2, 0.25) is 5.91 Å². The first-order valence-corrected chi connectivity index (χ1v) is 32.0. The Labute approximate surface area is 438 Å². The van der Waals surface area contributed by atoms with Crippen LogP contribution in [0.1, 0.15) is 361 Å². The molecule has 416 valence electrons. The van der Waals surface area contributed by atoms with Gasteiger partial charge in [-0.25, -0.2) is 0 Å². The number of unbranched alkanes of at least 4 members (excludes halogenated alkanes) is 49. The lowest BCUT2D eigenvalue weighted by molar-refractivity contribution is -0.143. The van der Waals surface area contributed by atoms with E-state index < -0.39 is 12.1 Å². The molecule has 0 bridgehead atoms. The summed E-state index contributed by atoms with van der Waals surface area (Å²) < 4.78 is 5.49. The van der Waals surface area contributed by atoms with Crippen molar-refractivity contribution in [3.63, 3.8) is 0 Å². The van der Waals surface area contributed by atoms with Gasteiger partial charge in [-0.05, 0) is 32.1 Å². The molecule has 0 aliphatic rings. The summed E-state index contributed by atoms with van der Waals surface area (Å²) in [6, 6.07) is -0.622. The fourth-order valence-electron chi connectivity index (χ4n) is 10.2. The van der Waals surface area contributed by atoms with Crippen molar-refractivity contribution < 1.29 is 24.5 Å². The second-order valence-electron chi connectivity index (χ2n) is 22.1. The summed E-state index contributed by atoms with van der Waals surface area (Å²) in [5, 5.41) is 23.0. The maximum atomic E-state index is 12.4. The Morgan fingerprint density at radius 3 is 0.971 bits per heavy atom. The average molecular weight is 989 g/mol. The first-order chi connectivity index (χ1) is 34.5. The van der Waals surface area contributed by atoms with Crippen molar-refractivity contribution >= 4 is 11.9 Å². The number of allylic oxidation sites excluding steroid dienone is 1. The van der Waals surface area contributed by atoms with E-state index in [0.29, 0.717) is 19.4 Å². The summed E-state index contributed by atoms with van der Waals surface area (Å²) in [7, 11) is 0. The minimum Gasteiger partial charge on any atom is -0.466 e. The molecule has 0 aromatic rings. The smallest absolute Gasteiger partial charge is 0.305 e. The summed E-state index contributed by atoms with van der Waals surface area (Å²) >= 11 is 0. The fraction of sp³-hybridized carbons (Fsp3) is 0.938. The van der Waals surface area contributed by atoms with E-state index in [2.05, 4.69) is 19.2 Å². The number of esters is 1. The van der Waals surface area contributed by atoms with Crippen LogP contribution in [0.5, 0.6) is 0 Å². The van der Waals surface area contributed by atoms with Gasteiger partial charge < -0.3 is 20.3 Å². The van der Waals surface area contributed by atoms with Gasteiger partial charge in [-0.2, -0.15) is 0 Å². The standard InChI is InChI=1S/C64H125NO5/c1-3-5-7-9-11-13-15-16-35-38-42-46-50-54-58-64(69)70-59-55-51-47-43-39-36-33-31-29-27-25-23-21-19-17-18-20-22-24-26-28-30-32-34-37-41-45-49-53-57-63(68)65-61(60-66)62(67)56-52-48-44-40-14-12-10-8-6-4-2/h52,56,61-62,66-67H,3-51,53-55,57-60H2,1-2H3,(H,65,68)/b56-52+. The largest absolute Gasteiger partial charge is 0.466 e. The highest BCUT2D eigenvalue weighted by atomic mass is 16.5. The molecule has 0 rings (SSSR count). The maximum Gasteiger partial charge on any atom is 0.305 e. The van der Waals surface area contributed by atoms with E-state index in [0.717, 1.165) is 38.5 Å². The zero-order chi connectivity index (χ0) is 50.7. The zero-order valence-electron chi connectivity index (χ0n) is 47.5. The Kier molecular flexibility index (Phi) is 59.0. The molecule has 0 aliphatic carbocycles. The summed E-state index contributed by atoms with van der Waals surface area (Å²) in [5.41, 5.74) is 0. The molecule has 70 heavy (non-hydrogen) atoms. The normalized spacial score (nSPS) is 12.6. The van der Waals surface area contributed by atoms with E-state index in [9.17, 15) is 19.8 Å². The van der Waals surface area contributed by atoms with Crippen LogP contribution in [0.2, 0.25) is 0 Å². The Morgan fingerprint density at radius 1 is 0.386 bits per heavy atom. The lowest BCUT2D eigenvalue weighted by atomic mass is 10.0. The number of amides is 1. The van der Waals surface area contributed by atoms with Crippen molar-refractivity contribution in [2.45, 2.75) is 373 Å². The van der Waals surface area contributed by atoms with Crippen LogP contribution in [0.4, 0.5) is 0 Å². The number of ether oxygens (including phenoxy) is 1. The number of carbonyl (C=O) groups excluding carboxylic acids is 2. The van der Waals surface area contributed by atoms with Crippen LogP contribution in [-0.4, -0.2) is 47.4 Å². The molecule has 0 aromatic heterocycles. The van der Waals surface area contributed by atoms with Crippen molar-refractivity contribution in [3.8, 4) is 0 Å². The van der Waals surface area contributed by atoms with E-state index in [1.165, 1.54) is 295 Å². The molecule has 2 atom stereocenters. The number of hydrogen-bond acceptors (Lipinski definition) is 5. The molecule has 6 nitrogen and oxygen atoms in total. The van der Waals surface area contributed by atoms with Crippen molar-refractivity contribution in [1.29, 1.82) is 0 Å². The summed E-state index contributed by atoms with van der Waals surface area (Å²) in [6.45, 7) is 4.91. The van der Waals surface area contributed by atoms with E-state index in [1.54, 1.807) is 6.08 Å². The SMILES string of the molecule is CCCCCCCCCC/C=C/C(O)C(CO)NC(=O)CCCCCCCCCCCCCCCCCCCCCCCCCCCCCCCOC(=O)CCCCCCCCCCCCCCCC. The lowest BCUT2D eigenvalue weighted by Crippen LogP contribution is -2.45. The maximum absolute atomic E-state index is 12.4. The van der Waals surface area contributed by atoms with Gasteiger partial charge in [-0.3, -0.25) is 9.59 Å². The Bertz CT molecular complexity index is 1050. The van der Waals surface area contributed by atoms with Crippen molar-refractivity contribution in [2.24, 2.45) is 0 Å². The number of aliphatic hydroxyl groups excluding tert-OH is 2. The fourth-order valence-corrected chi connectivity index (χ4v) is 10.2. The molecule has 0 saturated heterocycles. The highest BCUT2D eigenvalue weighted by Gasteiger charge is 2.18. The number of rotatable bonds is 60. The third-order valence-corrected chi connectivity index (χ3v) is 15.1. The number of aliphatic hydroxyl groups is 2. The average Bonchev–Trinajstić information content (AvgIpc) is 3.36. The van der Waals surface area contributed by atoms with Gasteiger partial charge in [0.1, 0.15) is 0 Å². The highest BCUT2D eigenvalue weighted by molar-refractivity contribution is 5.76. The van der Waals surface area contributed by atoms with Gasteiger partial charge in [-0.1, -0.05) is 328 Å². The molecule has 0 aliphatic heterocycles. The Morgan fingerprint density at radius 2 is 0.657 bits per heavy atom. The van der Waals surface area contributed by atoms with Crippen molar-refractivity contribution in [2.75, 3.05) is 13.2 Å². The van der Waals surface area contributed by atoms with Gasteiger partial charge in [0, 0.05) is 12.8 Å². The van der Waals surface area contributed by atoms with E-state index in [-0.39, 0.29) is 18.5 Å². The molecule has 0 fully saturated rings. The Hall–Kier alpha value is -1.40. The molecular weight excluding hydrogens is 863 g/mol. The number of nitrogens with one attached hydrogen (secondary N) is 1. The number of carbonyl (C=O) groups is 2. The molecule has 0 radical (unpaired) electrons.